The number of aromatic amines is 1. The van der Waals surface area contributed by atoms with E-state index in [1.54, 1.807) is 24.3 Å². The Morgan fingerprint density at radius 2 is 1.58 bits per heavy atom. The Morgan fingerprint density at radius 1 is 0.949 bits per heavy atom. The maximum atomic E-state index is 14.2. The molecule has 19 heteroatoms. The lowest BCUT2D eigenvalue weighted by Gasteiger charge is -2.32. The van der Waals surface area contributed by atoms with Crippen LogP contribution in [0, 0.1) is 11.8 Å². The van der Waals surface area contributed by atoms with Gasteiger partial charge in [0, 0.05) is 50.4 Å². The normalized spacial score (nSPS) is 17.5. The zero-order chi connectivity index (χ0) is 42.7. The molecule has 316 valence electrons. The molecule has 1 saturated carbocycles. The highest BCUT2D eigenvalue weighted by atomic mass is 19.4. The molecular weight excluding hydrogens is 773 g/mol. The van der Waals surface area contributed by atoms with Crippen molar-refractivity contribution in [2.45, 2.75) is 70.7 Å². The maximum Gasteiger partial charge on any atom is 0.490 e. The molecule has 0 bridgehead atoms. The van der Waals surface area contributed by atoms with Crippen LogP contribution in [-0.2, 0) is 25.5 Å². The van der Waals surface area contributed by atoms with E-state index in [9.17, 15) is 27.6 Å². The molecule has 0 spiro atoms. The Bertz CT molecular complexity index is 2010. The van der Waals surface area contributed by atoms with E-state index in [1.807, 2.05) is 57.3 Å². The van der Waals surface area contributed by atoms with Crippen LogP contribution in [0.3, 0.4) is 0 Å². The van der Waals surface area contributed by atoms with E-state index in [4.69, 9.17) is 20.4 Å². The lowest BCUT2D eigenvalue weighted by Crippen LogP contribution is -2.50. The number of piperazine rings is 1. The van der Waals surface area contributed by atoms with Crippen LogP contribution in [0.5, 0.6) is 0 Å². The second kappa shape index (κ2) is 19.7. The molecule has 2 fully saturated rings. The topological polar surface area (TPSA) is 222 Å². The molecule has 2 aliphatic rings. The van der Waals surface area contributed by atoms with Gasteiger partial charge >= 0.3 is 18.2 Å². The Hall–Kier alpha value is -5.95. The third-order valence-corrected chi connectivity index (χ3v) is 9.79. The number of rotatable bonds is 10. The Labute approximate surface area is 339 Å². The first-order valence-electron chi connectivity index (χ1n) is 19.2. The number of carbonyl (C=O) groups is 4. The highest BCUT2D eigenvalue weighted by Crippen LogP contribution is 2.32. The van der Waals surface area contributed by atoms with E-state index >= 15 is 0 Å². The highest BCUT2D eigenvalue weighted by molar-refractivity contribution is 6.17. The number of nitrogens with one attached hydrogen (secondary N) is 3. The molecule has 1 atom stereocenters. The van der Waals surface area contributed by atoms with Crippen molar-refractivity contribution in [3.63, 3.8) is 0 Å². The van der Waals surface area contributed by atoms with Gasteiger partial charge in [-0.05, 0) is 117 Å². The lowest BCUT2D eigenvalue weighted by atomic mass is 9.81. The minimum absolute atomic E-state index is 0.209. The fourth-order valence-corrected chi connectivity index (χ4v) is 6.75. The number of carbonyl (C=O) groups excluding carboxylic acids is 3. The molecule has 59 heavy (non-hydrogen) atoms. The summed E-state index contributed by atoms with van der Waals surface area (Å²) in [6.07, 6.45) is -0.792. The number of alkyl halides is 3. The van der Waals surface area contributed by atoms with E-state index in [0.29, 0.717) is 36.5 Å². The summed E-state index contributed by atoms with van der Waals surface area (Å²) in [5.74, 6) is -2.30. The molecular formula is C40H49F3N10O6. The van der Waals surface area contributed by atoms with Gasteiger partial charge in [-0.1, -0.05) is 24.3 Å². The maximum absolute atomic E-state index is 14.2. The minimum Gasteiger partial charge on any atom is -0.475 e. The van der Waals surface area contributed by atoms with Crippen molar-refractivity contribution in [2.24, 2.45) is 17.6 Å². The van der Waals surface area contributed by atoms with E-state index < -0.39 is 35.8 Å². The number of halogens is 3. The van der Waals surface area contributed by atoms with E-state index in [2.05, 4.69) is 47.2 Å². The number of anilines is 2. The highest BCUT2D eigenvalue weighted by Gasteiger charge is 2.38. The molecule has 4 aromatic rings. The average Bonchev–Trinajstić information content (AvgIpc) is 3.76. The fourth-order valence-electron chi connectivity index (χ4n) is 6.75. The standard InChI is InChI=1S/C38H48N10O4.C2HF3O2/c1-38(2,3)52-37(51)42-24-26-6-10-29(11-7-26)35(49)48(31-14-12-28(13-15-31)34-43-45-46-44-34)36(50)32(39)22-25-4-8-27(9-5-25)30-16-17-41-33(23-30)47-20-18-40-19-21-47;3-2(4,5)1(6)7/h4-5,8-9,12-17,23,26,29,32,40H,6-7,10-11,18-22,24,39H2,1-3H3,(H,42,51)(H,43,44,45,46);(H,6,7)/t26-,29-,32-;/m0./s1. The van der Waals surface area contributed by atoms with Crippen LogP contribution in [0.1, 0.15) is 52.0 Å². The van der Waals surface area contributed by atoms with Gasteiger partial charge < -0.3 is 31.1 Å². The summed E-state index contributed by atoms with van der Waals surface area (Å²) in [6, 6.07) is 18.1. The van der Waals surface area contributed by atoms with Crippen LogP contribution in [0.25, 0.3) is 22.5 Å². The van der Waals surface area contributed by atoms with Gasteiger partial charge in [0.2, 0.25) is 11.7 Å². The van der Waals surface area contributed by atoms with Crippen molar-refractivity contribution in [3.05, 3.63) is 72.4 Å². The number of imide groups is 1. The number of carboxylic acids is 1. The predicted molar refractivity (Wildman–Crippen MR) is 212 cm³/mol. The van der Waals surface area contributed by atoms with Crippen molar-refractivity contribution < 1.29 is 42.2 Å². The summed E-state index contributed by atoms with van der Waals surface area (Å²) in [4.78, 5) is 57.5. The number of nitrogens with two attached hydrogens (primary N) is 1. The Kier molecular flexibility index (Phi) is 14.7. The number of benzene rings is 2. The summed E-state index contributed by atoms with van der Waals surface area (Å²) in [6.45, 7) is 9.64. The second-order valence-electron chi connectivity index (χ2n) is 15.3. The van der Waals surface area contributed by atoms with Gasteiger partial charge in [-0.2, -0.15) is 18.4 Å². The number of tetrazole rings is 1. The van der Waals surface area contributed by atoms with Gasteiger partial charge in [0.25, 0.3) is 5.91 Å². The number of aromatic nitrogens is 5. The van der Waals surface area contributed by atoms with E-state index in [-0.39, 0.29) is 24.2 Å². The van der Waals surface area contributed by atoms with Crippen molar-refractivity contribution >= 4 is 35.4 Å². The number of hydrogen-bond donors (Lipinski definition) is 5. The summed E-state index contributed by atoms with van der Waals surface area (Å²) in [5, 5.41) is 27.5. The third-order valence-electron chi connectivity index (χ3n) is 9.79. The molecule has 3 heterocycles. The summed E-state index contributed by atoms with van der Waals surface area (Å²) in [7, 11) is 0. The van der Waals surface area contributed by atoms with Crippen LogP contribution in [0.2, 0.25) is 0 Å². The van der Waals surface area contributed by atoms with Crippen molar-refractivity contribution in [3.8, 4) is 22.5 Å². The third kappa shape index (κ3) is 12.8. The van der Waals surface area contributed by atoms with Crippen LogP contribution in [0.4, 0.5) is 29.5 Å². The molecule has 1 aliphatic carbocycles. The fraction of sp³-hybridized carbons (Fsp3) is 0.450. The summed E-state index contributed by atoms with van der Waals surface area (Å²) < 4.78 is 37.1. The number of carboxylic acid groups (broad SMARTS) is 1. The first-order valence-corrected chi connectivity index (χ1v) is 19.2. The minimum atomic E-state index is -5.08. The number of alkyl carbamates (subject to hydrolysis) is 1. The van der Waals surface area contributed by atoms with Crippen LogP contribution in [-0.4, -0.2) is 105 Å². The van der Waals surface area contributed by atoms with Gasteiger partial charge in [-0.25, -0.2) is 19.5 Å². The molecule has 2 aromatic heterocycles. The quantitative estimate of drug-likeness (QED) is 0.146. The molecule has 6 rings (SSSR count). The lowest BCUT2D eigenvalue weighted by molar-refractivity contribution is -0.192. The summed E-state index contributed by atoms with van der Waals surface area (Å²) >= 11 is 0. The van der Waals surface area contributed by atoms with E-state index in [0.717, 1.165) is 61.5 Å². The van der Waals surface area contributed by atoms with Gasteiger partial charge in [-0.15, -0.1) is 10.2 Å². The molecule has 0 radical (unpaired) electrons. The number of ether oxygens (including phenoxy) is 1. The zero-order valence-electron chi connectivity index (χ0n) is 33.0. The van der Waals surface area contributed by atoms with E-state index in [1.165, 1.54) is 4.90 Å². The first-order chi connectivity index (χ1) is 28.0. The number of nitrogens with zero attached hydrogens (tertiary/aromatic N) is 6. The summed E-state index contributed by atoms with van der Waals surface area (Å²) in [5.41, 5.74) is 10.1. The molecule has 6 N–H and O–H groups in total. The van der Waals surface area contributed by atoms with Crippen molar-refractivity contribution in [2.75, 3.05) is 42.5 Å². The first kappa shape index (κ1) is 44.2. The molecule has 3 amide bonds. The SMILES string of the molecule is CC(C)(C)OC(=O)NC[C@H]1CC[C@H](C(=O)N(C(=O)[C@@H](N)Cc2ccc(-c3ccnc(N4CCNCC4)c3)cc2)c2ccc(-c3nn[nH]n3)cc2)CC1.O=C(O)C(F)(F)F. The smallest absolute Gasteiger partial charge is 0.475 e. The number of hydrogen-bond acceptors (Lipinski definition) is 12. The monoisotopic (exact) mass is 822 g/mol. The molecule has 2 aromatic carbocycles. The van der Waals surface area contributed by atoms with Gasteiger partial charge in [0.15, 0.2) is 0 Å². The largest absolute Gasteiger partial charge is 0.490 e. The van der Waals surface area contributed by atoms with Crippen LogP contribution >= 0.6 is 0 Å². The second-order valence-corrected chi connectivity index (χ2v) is 15.3. The molecule has 0 unspecified atom stereocenters. The molecule has 1 aliphatic heterocycles. The van der Waals surface area contributed by atoms with Gasteiger partial charge in [-0.3, -0.25) is 9.59 Å². The number of amides is 3. The molecule has 1 saturated heterocycles. The van der Waals surface area contributed by atoms with Crippen LogP contribution < -0.4 is 26.2 Å². The number of aliphatic carboxylic acids is 1. The molecule has 16 nitrogen and oxygen atoms in total. The average molecular weight is 823 g/mol. The van der Waals surface area contributed by atoms with Crippen molar-refractivity contribution in [1.82, 2.24) is 36.2 Å². The predicted octanol–water partition coefficient (Wildman–Crippen LogP) is 4.73. The van der Waals surface area contributed by atoms with Crippen LogP contribution in [0.15, 0.2) is 66.9 Å². The number of pyridine rings is 1. The van der Waals surface area contributed by atoms with Crippen molar-refractivity contribution in [1.29, 1.82) is 0 Å². The Morgan fingerprint density at radius 3 is 2.15 bits per heavy atom. The number of H-pyrrole nitrogens is 1. The van der Waals surface area contributed by atoms with Gasteiger partial charge in [0.1, 0.15) is 11.4 Å². The zero-order valence-corrected chi connectivity index (χ0v) is 33.0. The Balaban J connectivity index is 0.000000867. The van der Waals surface area contributed by atoms with Gasteiger partial charge in [0.05, 0.1) is 11.7 Å².